The van der Waals surface area contributed by atoms with Gasteiger partial charge in [-0.05, 0) is 88.9 Å². The summed E-state index contributed by atoms with van der Waals surface area (Å²) in [6.07, 6.45) is 54.4. The Morgan fingerprint density at radius 1 is 0.363 bits per heavy atom. The highest BCUT2D eigenvalue weighted by molar-refractivity contribution is 7.47. The third kappa shape index (κ3) is 64.2. The lowest BCUT2D eigenvalue weighted by Crippen LogP contribution is -2.30. The van der Waals surface area contributed by atoms with Crippen LogP contribution in [0.2, 0.25) is 0 Å². The molecule has 91 heavy (non-hydrogen) atoms. The quantitative estimate of drug-likeness (QED) is 0.0169. The minimum absolute atomic E-state index is 0.0813. The minimum Gasteiger partial charge on any atom is -0.462 e. The molecule has 532 valence electrons. The molecule has 3 N–H and O–H groups in total. The van der Waals surface area contributed by atoms with Crippen molar-refractivity contribution in [3.05, 3.63) is 48.6 Å². The second-order valence-corrected chi connectivity index (χ2v) is 28.2. The van der Waals surface area contributed by atoms with Gasteiger partial charge in [0.1, 0.15) is 19.3 Å². The number of aliphatic hydroxyl groups is 1. The van der Waals surface area contributed by atoms with Crippen LogP contribution in [0.25, 0.3) is 0 Å². The molecule has 0 rings (SSSR count). The van der Waals surface area contributed by atoms with Crippen LogP contribution in [-0.2, 0) is 65.4 Å². The van der Waals surface area contributed by atoms with E-state index in [1.165, 1.54) is 96.3 Å². The van der Waals surface area contributed by atoms with E-state index in [9.17, 15) is 43.2 Å². The molecular weight excluding hydrogens is 1200 g/mol. The summed E-state index contributed by atoms with van der Waals surface area (Å²) in [6, 6.07) is 0. The maximum Gasteiger partial charge on any atom is 0.472 e. The molecule has 0 radical (unpaired) electrons. The summed E-state index contributed by atoms with van der Waals surface area (Å²) in [5, 5.41) is 10.6. The lowest BCUT2D eigenvalue weighted by Gasteiger charge is -2.21. The molecular formula is C72H132O17P2. The molecule has 0 aromatic carbocycles. The minimum atomic E-state index is -4.96. The van der Waals surface area contributed by atoms with Crippen LogP contribution in [0, 0.1) is 11.8 Å². The van der Waals surface area contributed by atoms with Crippen LogP contribution in [0.5, 0.6) is 0 Å². The first kappa shape index (κ1) is 88.0. The molecule has 0 aliphatic heterocycles. The average Bonchev–Trinajstić information content (AvgIpc) is 3.51. The number of phosphoric ester groups is 2. The van der Waals surface area contributed by atoms with Crippen molar-refractivity contribution in [2.45, 2.75) is 336 Å². The Labute approximate surface area is 553 Å². The van der Waals surface area contributed by atoms with Gasteiger partial charge in [0.05, 0.1) is 26.4 Å². The topological polar surface area (TPSA) is 237 Å². The van der Waals surface area contributed by atoms with Crippen molar-refractivity contribution < 1.29 is 80.2 Å². The molecule has 3 unspecified atom stereocenters. The average molecular weight is 1330 g/mol. The highest BCUT2D eigenvalue weighted by Crippen LogP contribution is 2.45. The van der Waals surface area contributed by atoms with Crippen LogP contribution < -0.4 is 0 Å². The highest BCUT2D eigenvalue weighted by atomic mass is 31.2. The Kier molecular flexibility index (Phi) is 61.0. The second-order valence-electron chi connectivity index (χ2n) is 25.3. The maximum atomic E-state index is 13.0. The van der Waals surface area contributed by atoms with E-state index >= 15 is 0 Å². The number of rotatable bonds is 67. The van der Waals surface area contributed by atoms with Gasteiger partial charge in [-0.25, -0.2) is 9.13 Å². The molecule has 0 amide bonds. The van der Waals surface area contributed by atoms with E-state index in [-0.39, 0.29) is 25.7 Å². The SMILES string of the molecule is CCCCCC/C=C\C=C/CCCCCCCC(=O)O[C@H](COC(=O)CCCCCCCCCCC(C)C)COP(=O)(O)OC[C@@H](O)COP(=O)(O)OC[C@@H](COC(=O)CCCCCCCCC(C)CC)OC(=O)CCCCCCC/C=C\C=C/CCCCCC. The molecule has 0 aromatic rings. The Bertz CT molecular complexity index is 1960. The van der Waals surface area contributed by atoms with E-state index in [2.05, 4.69) is 90.2 Å². The third-order valence-electron chi connectivity index (χ3n) is 15.8. The van der Waals surface area contributed by atoms with Gasteiger partial charge in [-0.3, -0.25) is 37.3 Å². The van der Waals surface area contributed by atoms with Crippen LogP contribution in [0.1, 0.15) is 318 Å². The number of hydrogen-bond donors (Lipinski definition) is 3. The van der Waals surface area contributed by atoms with Crippen LogP contribution in [0.4, 0.5) is 0 Å². The molecule has 0 saturated heterocycles. The molecule has 0 heterocycles. The summed E-state index contributed by atoms with van der Waals surface area (Å²) >= 11 is 0. The first-order chi connectivity index (χ1) is 43.9. The first-order valence-corrected chi connectivity index (χ1v) is 39.2. The molecule has 17 nitrogen and oxygen atoms in total. The number of esters is 4. The van der Waals surface area contributed by atoms with Crippen molar-refractivity contribution in [3.63, 3.8) is 0 Å². The third-order valence-corrected chi connectivity index (χ3v) is 17.7. The maximum absolute atomic E-state index is 13.0. The monoisotopic (exact) mass is 1330 g/mol. The van der Waals surface area contributed by atoms with Crippen LogP contribution in [0.15, 0.2) is 48.6 Å². The van der Waals surface area contributed by atoms with Gasteiger partial charge in [0.2, 0.25) is 0 Å². The van der Waals surface area contributed by atoms with E-state index in [0.717, 1.165) is 140 Å². The Morgan fingerprint density at radius 2 is 0.648 bits per heavy atom. The zero-order valence-electron chi connectivity index (χ0n) is 58.1. The van der Waals surface area contributed by atoms with Gasteiger partial charge in [0, 0.05) is 25.7 Å². The number of unbranched alkanes of at least 4 members (excludes halogenated alkanes) is 30. The molecule has 19 heteroatoms. The molecule has 0 saturated carbocycles. The van der Waals surface area contributed by atoms with Crippen molar-refractivity contribution in [1.82, 2.24) is 0 Å². The smallest absolute Gasteiger partial charge is 0.462 e. The molecule has 0 aliphatic rings. The number of ether oxygens (including phenoxy) is 4. The number of carbonyl (C=O) groups excluding carboxylic acids is 4. The Morgan fingerprint density at radius 3 is 0.978 bits per heavy atom. The Hall–Kier alpha value is -2.98. The van der Waals surface area contributed by atoms with Crippen molar-refractivity contribution in [1.29, 1.82) is 0 Å². The largest absolute Gasteiger partial charge is 0.472 e. The fraction of sp³-hybridized carbons (Fsp3) is 0.833. The lowest BCUT2D eigenvalue weighted by atomic mass is 10.00. The normalized spacial score (nSPS) is 14.7. The van der Waals surface area contributed by atoms with Gasteiger partial charge in [-0.15, -0.1) is 0 Å². The van der Waals surface area contributed by atoms with E-state index in [4.69, 9.17) is 37.0 Å². The number of allylic oxidation sites excluding steroid dienone is 8. The summed E-state index contributed by atoms with van der Waals surface area (Å²) in [7, 11) is -9.93. The van der Waals surface area contributed by atoms with E-state index in [1.807, 2.05) is 0 Å². The summed E-state index contributed by atoms with van der Waals surface area (Å²) in [5.41, 5.74) is 0. The van der Waals surface area contributed by atoms with Gasteiger partial charge >= 0.3 is 39.5 Å². The van der Waals surface area contributed by atoms with E-state index in [0.29, 0.717) is 25.7 Å². The van der Waals surface area contributed by atoms with E-state index < -0.39 is 97.5 Å². The summed E-state index contributed by atoms with van der Waals surface area (Å²) < 4.78 is 68.2. The summed E-state index contributed by atoms with van der Waals surface area (Å²) in [4.78, 5) is 72.5. The number of hydrogen-bond acceptors (Lipinski definition) is 15. The predicted molar refractivity (Wildman–Crippen MR) is 367 cm³/mol. The van der Waals surface area contributed by atoms with Crippen molar-refractivity contribution in [2.75, 3.05) is 39.6 Å². The van der Waals surface area contributed by atoms with E-state index in [1.54, 1.807) is 0 Å². The number of aliphatic hydroxyl groups excluding tert-OH is 1. The van der Waals surface area contributed by atoms with Gasteiger partial charge in [-0.1, -0.05) is 264 Å². The van der Waals surface area contributed by atoms with Gasteiger partial charge in [0.25, 0.3) is 0 Å². The summed E-state index contributed by atoms with van der Waals surface area (Å²) in [6.45, 7) is 9.34. The van der Waals surface area contributed by atoms with Crippen LogP contribution >= 0.6 is 15.6 Å². The standard InChI is InChI=1S/C72H132O17P2/c1-7-10-12-14-16-18-20-22-24-26-28-30-36-44-50-56-71(76)88-67(60-82-69(74)54-48-42-35-33-32-34-40-46-52-64(4)5)62-86-90(78,79)84-58-66(73)59-85-91(80,81)87-63-68(61-83-70(75)55-49-43-39-38-41-47-53-65(6)9-3)89-72(77)57-51-45-37-31-29-27-25-23-21-19-17-15-13-11-8-2/h18-25,64-68,73H,7-17,26-63H2,1-6H3,(H,78,79)(H,80,81)/b20-18-,21-19-,24-22-,25-23-/t65?,66-,67-,68-/m1/s1. The fourth-order valence-electron chi connectivity index (χ4n) is 9.83. The highest BCUT2D eigenvalue weighted by Gasteiger charge is 2.30. The predicted octanol–water partition coefficient (Wildman–Crippen LogP) is 19.9. The van der Waals surface area contributed by atoms with Crippen LogP contribution in [-0.4, -0.2) is 96.7 Å². The fourth-order valence-corrected chi connectivity index (χ4v) is 11.4. The molecule has 0 spiro atoms. The van der Waals surface area contributed by atoms with Gasteiger partial charge in [0.15, 0.2) is 12.2 Å². The Balaban J connectivity index is 5.33. The van der Waals surface area contributed by atoms with Gasteiger partial charge in [-0.2, -0.15) is 0 Å². The second kappa shape index (κ2) is 63.1. The molecule has 0 bridgehead atoms. The van der Waals surface area contributed by atoms with Crippen molar-refractivity contribution >= 4 is 39.5 Å². The molecule has 0 aromatic heterocycles. The van der Waals surface area contributed by atoms with Crippen molar-refractivity contribution in [3.8, 4) is 0 Å². The molecule has 6 atom stereocenters. The van der Waals surface area contributed by atoms with Gasteiger partial charge < -0.3 is 33.8 Å². The zero-order valence-corrected chi connectivity index (χ0v) is 59.9. The van der Waals surface area contributed by atoms with Crippen molar-refractivity contribution in [2.24, 2.45) is 11.8 Å². The van der Waals surface area contributed by atoms with Crippen LogP contribution in [0.3, 0.4) is 0 Å². The molecule has 0 aliphatic carbocycles. The summed E-state index contributed by atoms with van der Waals surface area (Å²) in [5.74, 6) is -0.738. The number of carbonyl (C=O) groups is 4. The lowest BCUT2D eigenvalue weighted by molar-refractivity contribution is -0.161. The first-order valence-electron chi connectivity index (χ1n) is 36.2. The zero-order chi connectivity index (χ0) is 67.2. The molecule has 0 fully saturated rings. The number of phosphoric acid groups is 2.